The van der Waals surface area contributed by atoms with E-state index in [0.717, 1.165) is 0 Å². The molecule has 70 valence electrons. The molecular formula is C10H12FNO. The Morgan fingerprint density at radius 3 is 2.77 bits per heavy atom. The highest BCUT2D eigenvalue weighted by Gasteiger charge is 2.11. The minimum atomic E-state index is -0.533. The summed E-state index contributed by atoms with van der Waals surface area (Å²) in [5.74, 6) is -0.364. The molecule has 0 bridgehead atoms. The molecule has 0 aliphatic heterocycles. The number of phenolic OH excluding ortho intramolecular Hbond substituents is 1. The van der Waals surface area contributed by atoms with Crippen molar-refractivity contribution < 1.29 is 9.50 Å². The molecule has 0 fully saturated rings. The average Bonchev–Trinajstić information content (AvgIpc) is 2.10. The van der Waals surface area contributed by atoms with Gasteiger partial charge in [0.05, 0.1) is 6.04 Å². The van der Waals surface area contributed by atoms with Gasteiger partial charge in [-0.1, -0.05) is 6.08 Å². The van der Waals surface area contributed by atoms with Crippen molar-refractivity contribution >= 4 is 0 Å². The van der Waals surface area contributed by atoms with Gasteiger partial charge in [-0.05, 0) is 24.6 Å². The second-order valence-electron chi connectivity index (χ2n) is 2.92. The molecular weight excluding hydrogens is 169 g/mol. The predicted octanol–water partition coefficient (Wildman–Crippen LogP) is 2.03. The number of aromatic hydroxyl groups is 1. The summed E-state index contributed by atoms with van der Waals surface area (Å²) in [7, 11) is 0. The molecule has 1 aromatic rings. The topological polar surface area (TPSA) is 46.2 Å². The van der Waals surface area contributed by atoms with Gasteiger partial charge in [0.25, 0.3) is 0 Å². The van der Waals surface area contributed by atoms with Gasteiger partial charge in [-0.15, -0.1) is 6.58 Å². The van der Waals surface area contributed by atoms with Crippen molar-refractivity contribution in [1.82, 2.24) is 0 Å². The van der Waals surface area contributed by atoms with E-state index in [4.69, 9.17) is 5.73 Å². The van der Waals surface area contributed by atoms with Gasteiger partial charge >= 0.3 is 0 Å². The molecule has 3 heteroatoms. The third-order valence-corrected chi connectivity index (χ3v) is 1.91. The van der Waals surface area contributed by atoms with Crippen LogP contribution < -0.4 is 5.73 Å². The summed E-state index contributed by atoms with van der Waals surface area (Å²) < 4.78 is 12.9. The Morgan fingerprint density at radius 2 is 2.23 bits per heavy atom. The molecule has 0 amide bonds. The molecule has 3 N–H and O–H groups in total. The zero-order valence-corrected chi connectivity index (χ0v) is 7.42. The van der Waals surface area contributed by atoms with Crippen LogP contribution in [-0.4, -0.2) is 5.11 Å². The normalized spacial score (nSPS) is 12.5. The van der Waals surface area contributed by atoms with Crippen LogP contribution in [0.3, 0.4) is 0 Å². The van der Waals surface area contributed by atoms with Crippen LogP contribution in [0.25, 0.3) is 0 Å². The fourth-order valence-corrected chi connectivity index (χ4v) is 1.14. The SMILES string of the molecule is C=C[C@@H](N)c1cc(F)cc(C)c1O. The second-order valence-corrected chi connectivity index (χ2v) is 2.92. The van der Waals surface area contributed by atoms with Crippen LogP contribution in [-0.2, 0) is 0 Å². The summed E-state index contributed by atoms with van der Waals surface area (Å²) >= 11 is 0. The lowest BCUT2D eigenvalue weighted by molar-refractivity contribution is 0.458. The quantitative estimate of drug-likeness (QED) is 0.686. The molecule has 0 saturated heterocycles. The van der Waals surface area contributed by atoms with Crippen LogP contribution in [0.1, 0.15) is 17.2 Å². The van der Waals surface area contributed by atoms with Gasteiger partial charge in [-0.25, -0.2) is 4.39 Å². The fourth-order valence-electron chi connectivity index (χ4n) is 1.14. The van der Waals surface area contributed by atoms with E-state index in [2.05, 4.69) is 6.58 Å². The van der Waals surface area contributed by atoms with Gasteiger partial charge in [-0.2, -0.15) is 0 Å². The van der Waals surface area contributed by atoms with Crippen molar-refractivity contribution in [2.75, 3.05) is 0 Å². The number of phenols is 1. The summed E-state index contributed by atoms with van der Waals surface area (Å²) in [4.78, 5) is 0. The van der Waals surface area contributed by atoms with E-state index < -0.39 is 11.9 Å². The van der Waals surface area contributed by atoms with Crippen LogP contribution in [0.5, 0.6) is 5.75 Å². The largest absolute Gasteiger partial charge is 0.507 e. The molecule has 0 aromatic heterocycles. The van der Waals surface area contributed by atoms with Crippen molar-refractivity contribution in [3.8, 4) is 5.75 Å². The molecule has 0 unspecified atom stereocenters. The summed E-state index contributed by atoms with van der Waals surface area (Å²) in [5.41, 5.74) is 6.44. The maximum absolute atomic E-state index is 12.9. The minimum absolute atomic E-state index is 0.0359. The molecule has 0 heterocycles. The Morgan fingerprint density at radius 1 is 1.62 bits per heavy atom. The number of hydrogen-bond donors (Lipinski definition) is 2. The Balaban J connectivity index is 3.27. The van der Waals surface area contributed by atoms with Gasteiger partial charge < -0.3 is 10.8 Å². The van der Waals surface area contributed by atoms with Gasteiger partial charge in [0.1, 0.15) is 11.6 Å². The molecule has 0 aliphatic rings. The molecule has 0 radical (unpaired) electrons. The fraction of sp³-hybridized carbons (Fsp3) is 0.200. The molecule has 0 spiro atoms. The van der Waals surface area contributed by atoms with Crippen LogP contribution >= 0.6 is 0 Å². The van der Waals surface area contributed by atoms with Crippen LogP contribution in [0, 0.1) is 12.7 Å². The standard InChI is InChI=1S/C10H12FNO/c1-3-9(12)8-5-7(11)4-6(2)10(8)13/h3-5,9,13H,1,12H2,2H3/t9-/m1/s1. The first-order valence-electron chi connectivity index (χ1n) is 3.93. The minimum Gasteiger partial charge on any atom is -0.507 e. The van der Waals surface area contributed by atoms with E-state index in [9.17, 15) is 9.50 Å². The number of halogens is 1. The highest BCUT2D eigenvalue weighted by Crippen LogP contribution is 2.27. The van der Waals surface area contributed by atoms with Crippen molar-refractivity contribution in [2.24, 2.45) is 5.73 Å². The first-order valence-corrected chi connectivity index (χ1v) is 3.93. The highest BCUT2D eigenvalue weighted by atomic mass is 19.1. The van der Waals surface area contributed by atoms with Crippen LogP contribution in [0.4, 0.5) is 4.39 Å². The predicted molar refractivity (Wildman–Crippen MR) is 49.9 cm³/mol. The highest BCUT2D eigenvalue weighted by molar-refractivity contribution is 5.43. The third kappa shape index (κ3) is 1.87. The van der Waals surface area contributed by atoms with Crippen LogP contribution in [0.2, 0.25) is 0 Å². The van der Waals surface area contributed by atoms with E-state index >= 15 is 0 Å². The monoisotopic (exact) mass is 181 g/mol. The van der Waals surface area contributed by atoms with Gasteiger partial charge in [0, 0.05) is 5.56 Å². The number of hydrogen-bond acceptors (Lipinski definition) is 2. The molecule has 13 heavy (non-hydrogen) atoms. The number of nitrogens with two attached hydrogens (primary N) is 1. The lowest BCUT2D eigenvalue weighted by Crippen LogP contribution is -2.07. The zero-order valence-electron chi connectivity index (χ0n) is 7.42. The van der Waals surface area contributed by atoms with Gasteiger partial charge in [0.2, 0.25) is 0 Å². The van der Waals surface area contributed by atoms with Gasteiger partial charge in [0.15, 0.2) is 0 Å². The third-order valence-electron chi connectivity index (χ3n) is 1.91. The van der Waals surface area contributed by atoms with Crippen molar-refractivity contribution in [3.63, 3.8) is 0 Å². The Kier molecular flexibility index (Phi) is 2.68. The number of rotatable bonds is 2. The Bertz CT molecular complexity index is 336. The summed E-state index contributed by atoms with van der Waals surface area (Å²) in [6.07, 6.45) is 1.45. The maximum Gasteiger partial charge on any atom is 0.124 e. The molecule has 1 rings (SSSR count). The van der Waals surface area contributed by atoms with E-state index in [1.54, 1.807) is 6.92 Å². The maximum atomic E-state index is 12.9. The van der Waals surface area contributed by atoms with Crippen molar-refractivity contribution in [3.05, 3.63) is 41.7 Å². The second kappa shape index (κ2) is 3.58. The molecule has 2 nitrogen and oxygen atoms in total. The Hall–Kier alpha value is -1.35. The van der Waals surface area contributed by atoms with E-state index in [-0.39, 0.29) is 5.75 Å². The first-order chi connectivity index (χ1) is 6.06. The van der Waals surface area contributed by atoms with Gasteiger partial charge in [-0.3, -0.25) is 0 Å². The summed E-state index contributed by atoms with van der Waals surface area (Å²) in [5, 5.41) is 9.53. The summed E-state index contributed by atoms with van der Waals surface area (Å²) in [6, 6.07) is 1.94. The number of aryl methyl sites for hydroxylation is 1. The molecule has 0 aliphatic carbocycles. The lowest BCUT2D eigenvalue weighted by atomic mass is 10.0. The zero-order chi connectivity index (χ0) is 10.0. The van der Waals surface area contributed by atoms with E-state index in [0.29, 0.717) is 11.1 Å². The van der Waals surface area contributed by atoms with Crippen molar-refractivity contribution in [2.45, 2.75) is 13.0 Å². The summed E-state index contributed by atoms with van der Waals surface area (Å²) in [6.45, 7) is 5.10. The molecule has 0 saturated carbocycles. The van der Waals surface area contributed by atoms with E-state index in [1.165, 1.54) is 18.2 Å². The Labute approximate surface area is 76.5 Å². The molecule has 1 aromatic carbocycles. The average molecular weight is 181 g/mol. The van der Waals surface area contributed by atoms with Crippen LogP contribution in [0.15, 0.2) is 24.8 Å². The van der Waals surface area contributed by atoms with E-state index in [1.807, 2.05) is 0 Å². The number of benzene rings is 1. The molecule has 1 atom stereocenters. The first kappa shape index (κ1) is 9.74. The smallest absolute Gasteiger partial charge is 0.124 e. The lowest BCUT2D eigenvalue weighted by Gasteiger charge is -2.11. The van der Waals surface area contributed by atoms with Crippen molar-refractivity contribution in [1.29, 1.82) is 0 Å².